The number of benzene rings is 1. The first-order valence-electron chi connectivity index (χ1n) is 7.89. The summed E-state index contributed by atoms with van der Waals surface area (Å²) in [6.07, 6.45) is 7.15. The van der Waals surface area contributed by atoms with Crippen molar-refractivity contribution in [3.63, 3.8) is 0 Å². The molecule has 0 atom stereocenters. The molecule has 1 saturated heterocycles. The van der Waals surface area contributed by atoms with Crippen LogP contribution in [-0.4, -0.2) is 22.4 Å². The fourth-order valence-corrected chi connectivity index (χ4v) is 3.43. The van der Waals surface area contributed by atoms with E-state index >= 15 is 0 Å². The third kappa shape index (κ3) is 2.80. The molecular formula is C17H22N2O2. The van der Waals surface area contributed by atoms with Crippen molar-refractivity contribution in [1.29, 1.82) is 0 Å². The van der Waals surface area contributed by atoms with Crippen LogP contribution in [0.5, 0.6) is 0 Å². The molecule has 1 aliphatic carbocycles. The fraction of sp³-hybridized carbons (Fsp3) is 0.529. The smallest absolute Gasteiger partial charge is 0.323 e. The van der Waals surface area contributed by atoms with Gasteiger partial charge in [0.1, 0.15) is 5.54 Å². The average molecular weight is 286 g/mol. The molecule has 3 amide bonds. The van der Waals surface area contributed by atoms with E-state index in [0.29, 0.717) is 6.54 Å². The number of hydrogen-bond acceptors (Lipinski definition) is 2. The van der Waals surface area contributed by atoms with Gasteiger partial charge in [-0.15, -0.1) is 0 Å². The van der Waals surface area contributed by atoms with Gasteiger partial charge in [0.25, 0.3) is 5.91 Å². The lowest BCUT2D eigenvalue weighted by Gasteiger charge is -2.28. The van der Waals surface area contributed by atoms with E-state index < -0.39 is 5.54 Å². The maximum atomic E-state index is 12.8. The molecule has 3 rings (SSSR count). The van der Waals surface area contributed by atoms with E-state index in [1.165, 1.54) is 11.3 Å². The molecule has 1 N–H and O–H groups in total. The minimum atomic E-state index is -0.633. The second-order valence-electron chi connectivity index (χ2n) is 6.16. The first-order chi connectivity index (χ1) is 10.2. The molecule has 1 saturated carbocycles. The lowest BCUT2D eigenvalue weighted by molar-refractivity contribution is -0.132. The van der Waals surface area contributed by atoms with E-state index in [2.05, 4.69) is 5.32 Å². The summed E-state index contributed by atoms with van der Waals surface area (Å²) < 4.78 is 0. The van der Waals surface area contributed by atoms with Gasteiger partial charge in [0.2, 0.25) is 0 Å². The molecule has 2 aliphatic rings. The highest BCUT2D eigenvalue weighted by atomic mass is 16.2. The lowest BCUT2D eigenvalue weighted by Crippen LogP contribution is -2.47. The zero-order valence-electron chi connectivity index (χ0n) is 12.3. The number of nitrogens with zero attached hydrogens (tertiary/aromatic N) is 1. The molecule has 1 heterocycles. The van der Waals surface area contributed by atoms with Crippen LogP contribution in [0, 0.1) is 0 Å². The Morgan fingerprint density at radius 3 is 2.24 bits per heavy atom. The van der Waals surface area contributed by atoms with Gasteiger partial charge in [0, 0.05) is 0 Å². The number of rotatable bonds is 2. The Morgan fingerprint density at radius 1 is 0.952 bits per heavy atom. The Balaban J connectivity index is 1.77. The molecular weight excluding hydrogens is 264 g/mol. The number of nitrogens with one attached hydrogen (secondary N) is 1. The third-order valence-corrected chi connectivity index (χ3v) is 4.64. The minimum absolute atomic E-state index is 0.0294. The normalized spacial score (nSPS) is 22.0. The number of urea groups is 1. The van der Waals surface area contributed by atoms with E-state index in [1.54, 1.807) is 0 Å². The number of carbonyl (C=O) groups excluding carboxylic acids is 2. The Kier molecular flexibility index (Phi) is 3.95. The third-order valence-electron chi connectivity index (χ3n) is 4.64. The van der Waals surface area contributed by atoms with Crippen LogP contribution in [0.4, 0.5) is 4.79 Å². The molecule has 4 heteroatoms. The number of imide groups is 1. The highest BCUT2D eigenvalue weighted by molar-refractivity contribution is 6.06. The van der Waals surface area contributed by atoms with Crippen molar-refractivity contribution in [3.05, 3.63) is 35.9 Å². The Labute approximate surface area is 125 Å². The van der Waals surface area contributed by atoms with E-state index in [9.17, 15) is 9.59 Å². The van der Waals surface area contributed by atoms with Crippen molar-refractivity contribution >= 4 is 11.9 Å². The molecule has 0 radical (unpaired) electrons. The molecule has 4 nitrogen and oxygen atoms in total. The molecule has 1 spiro atoms. The van der Waals surface area contributed by atoms with Crippen LogP contribution < -0.4 is 5.32 Å². The van der Waals surface area contributed by atoms with Gasteiger partial charge in [0.15, 0.2) is 0 Å². The zero-order chi connectivity index (χ0) is 14.7. The van der Waals surface area contributed by atoms with Gasteiger partial charge in [-0.3, -0.25) is 9.69 Å². The summed E-state index contributed by atoms with van der Waals surface area (Å²) in [6.45, 7) is 0.368. The summed E-state index contributed by atoms with van der Waals surface area (Å²) >= 11 is 0. The molecule has 0 bridgehead atoms. The van der Waals surface area contributed by atoms with E-state index in [1.807, 2.05) is 30.3 Å². The first kappa shape index (κ1) is 14.1. The maximum Gasteiger partial charge on any atom is 0.325 e. The van der Waals surface area contributed by atoms with Crippen LogP contribution in [0.15, 0.2) is 30.3 Å². The second kappa shape index (κ2) is 5.88. The largest absolute Gasteiger partial charge is 0.325 e. The van der Waals surface area contributed by atoms with Gasteiger partial charge in [-0.25, -0.2) is 4.79 Å². The Bertz CT molecular complexity index is 519. The standard InChI is InChI=1S/C17H22N2O2/c20-15-17(11-7-2-1-3-8-12-17)18-16(21)19(15)13-14-9-5-4-6-10-14/h4-6,9-10H,1-3,7-8,11-13H2,(H,18,21). The van der Waals surface area contributed by atoms with Crippen molar-refractivity contribution in [3.8, 4) is 0 Å². The van der Waals surface area contributed by atoms with Crippen molar-refractivity contribution in [2.24, 2.45) is 0 Å². The number of carbonyl (C=O) groups is 2. The van der Waals surface area contributed by atoms with Crippen LogP contribution in [-0.2, 0) is 11.3 Å². The molecule has 0 aromatic heterocycles. The van der Waals surface area contributed by atoms with Gasteiger partial charge in [-0.1, -0.05) is 62.4 Å². The fourth-order valence-electron chi connectivity index (χ4n) is 3.43. The monoisotopic (exact) mass is 286 g/mol. The molecule has 21 heavy (non-hydrogen) atoms. The maximum absolute atomic E-state index is 12.8. The molecule has 112 valence electrons. The highest BCUT2D eigenvalue weighted by Gasteiger charge is 2.50. The SMILES string of the molecule is O=C1NC2(CCCCCCC2)C(=O)N1Cc1ccccc1. The van der Waals surface area contributed by atoms with Gasteiger partial charge in [-0.05, 0) is 18.4 Å². The van der Waals surface area contributed by atoms with Crippen molar-refractivity contribution in [2.45, 2.75) is 57.0 Å². The molecule has 1 aromatic carbocycles. The number of amides is 3. The molecule has 1 aliphatic heterocycles. The van der Waals surface area contributed by atoms with E-state index in [-0.39, 0.29) is 11.9 Å². The van der Waals surface area contributed by atoms with Crippen LogP contribution in [0.25, 0.3) is 0 Å². The van der Waals surface area contributed by atoms with Gasteiger partial charge >= 0.3 is 6.03 Å². The van der Waals surface area contributed by atoms with Crippen LogP contribution in [0.1, 0.15) is 50.5 Å². The molecule has 1 aromatic rings. The second-order valence-corrected chi connectivity index (χ2v) is 6.16. The Hall–Kier alpha value is -1.84. The van der Waals surface area contributed by atoms with Gasteiger partial charge < -0.3 is 5.32 Å². The minimum Gasteiger partial charge on any atom is -0.323 e. The average Bonchev–Trinajstić information content (AvgIpc) is 2.70. The quantitative estimate of drug-likeness (QED) is 0.849. The summed E-state index contributed by atoms with van der Waals surface area (Å²) in [7, 11) is 0. The summed E-state index contributed by atoms with van der Waals surface area (Å²) in [5.41, 5.74) is 0.357. The van der Waals surface area contributed by atoms with Crippen LogP contribution in [0.3, 0.4) is 0 Å². The summed E-state index contributed by atoms with van der Waals surface area (Å²) in [4.78, 5) is 26.4. The zero-order valence-corrected chi connectivity index (χ0v) is 12.3. The summed E-state index contributed by atoms with van der Waals surface area (Å²) in [5.74, 6) is -0.0294. The highest BCUT2D eigenvalue weighted by Crippen LogP contribution is 2.32. The number of hydrogen-bond donors (Lipinski definition) is 1. The lowest BCUT2D eigenvalue weighted by atomic mass is 9.84. The first-order valence-corrected chi connectivity index (χ1v) is 7.89. The van der Waals surface area contributed by atoms with E-state index in [4.69, 9.17) is 0 Å². The topological polar surface area (TPSA) is 49.4 Å². The Morgan fingerprint density at radius 2 is 1.57 bits per heavy atom. The molecule has 0 unspecified atom stereocenters. The van der Waals surface area contributed by atoms with Gasteiger partial charge in [-0.2, -0.15) is 0 Å². The van der Waals surface area contributed by atoms with Gasteiger partial charge in [0.05, 0.1) is 6.54 Å². The van der Waals surface area contributed by atoms with Crippen LogP contribution in [0.2, 0.25) is 0 Å². The van der Waals surface area contributed by atoms with Crippen molar-refractivity contribution < 1.29 is 9.59 Å². The molecule has 2 fully saturated rings. The van der Waals surface area contributed by atoms with Crippen molar-refractivity contribution in [2.75, 3.05) is 0 Å². The predicted octanol–water partition coefficient (Wildman–Crippen LogP) is 3.22. The van der Waals surface area contributed by atoms with Crippen LogP contribution >= 0.6 is 0 Å². The van der Waals surface area contributed by atoms with E-state index in [0.717, 1.165) is 44.1 Å². The predicted molar refractivity (Wildman–Crippen MR) is 80.6 cm³/mol. The summed E-state index contributed by atoms with van der Waals surface area (Å²) in [5, 5.41) is 2.99. The van der Waals surface area contributed by atoms with Crippen molar-refractivity contribution in [1.82, 2.24) is 10.2 Å². The summed E-state index contributed by atoms with van der Waals surface area (Å²) in [6, 6.07) is 9.46.